The largest absolute Gasteiger partial charge is 0.385 e. The summed E-state index contributed by atoms with van der Waals surface area (Å²) in [6.07, 6.45) is 2.56. The number of thiophene rings is 1. The average Bonchev–Trinajstić information content (AvgIpc) is 3.46. The molecule has 0 saturated carbocycles. The smallest absolute Gasteiger partial charge is 0.257 e. The summed E-state index contributed by atoms with van der Waals surface area (Å²) in [6.45, 7) is 1.16. The predicted octanol–water partition coefficient (Wildman–Crippen LogP) is 3.46. The van der Waals surface area contributed by atoms with E-state index in [4.69, 9.17) is 11.6 Å². The lowest BCUT2D eigenvalue weighted by Gasteiger charge is -2.08. The van der Waals surface area contributed by atoms with Gasteiger partial charge in [0.15, 0.2) is 0 Å². The maximum Gasteiger partial charge on any atom is 0.257 e. The van der Waals surface area contributed by atoms with Gasteiger partial charge in [-0.15, -0.1) is 22.7 Å². The highest BCUT2D eigenvalue weighted by Gasteiger charge is 2.17. The summed E-state index contributed by atoms with van der Waals surface area (Å²) >= 11 is 8.77. The number of carbonyl (C=O) groups is 1. The number of fused-ring (bicyclic) bond motifs is 1. The number of halogens is 1. The van der Waals surface area contributed by atoms with E-state index in [0.717, 1.165) is 15.3 Å². The summed E-state index contributed by atoms with van der Waals surface area (Å²) in [5.74, 6) is -0.417. The van der Waals surface area contributed by atoms with Gasteiger partial charge in [-0.3, -0.25) is 9.59 Å². The summed E-state index contributed by atoms with van der Waals surface area (Å²) in [7, 11) is 1.82. The Morgan fingerprint density at radius 2 is 2.06 bits per heavy atom. The fraction of sp³-hybridized carbons (Fsp3) is 0.227. The number of nitrogens with zero attached hydrogens (tertiary/aromatic N) is 2. The van der Waals surface area contributed by atoms with Crippen molar-refractivity contribution in [2.75, 3.05) is 6.54 Å². The van der Waals surface area contributed by atoms with Crippen LogP contribution in [0, 0.1) is 0 Å². The van der Waals surface area contributed by atoms with Crippen molar-refractivity contribution in [3.63, 3.8) is 0 Å². The topological polar surface area (TPSA) is 96.2 Å². The van der Waals surface area contributed by atoms with Crippen LogP contribution in [0.1, 0.15) is 31.9 Å². The molecule has 4 aromatic rings. The molecule has 3 N–H and O–H groups in total. The fourth-order valence-corrected chi connectivity index (χ4v) is 5.07. The molecule has 3 heterocycles. The highest BCUT2D eigenvalue weighted by atomic mass is 35.5. The van der Waals surface area contributed by atoms with E-state index in [0.29, 0.717) is 35.1 Å². The summed E-state index contributed by atoms with van der Waals surface area (Å²) in [5, 5.41) is 19.8. The van der Waals surface area contributed by atoms with Gasteiger partial charge in [-0.25, -0.2) is 4.98 Å². The van der Waals surface area contributed by atoms with Crippen LogP contribution in [0.3, 0.4) is 0 Å². The molecular formula is C22H21ClN4O3S2. The van der Waals surface area contributed by atoms with Crippen LogP contribution in [0.5, 0.6) is 0 Å². The van der Waals surface area contributed by atoms with Crippen molar-refractivity contribution in [1.29, 1.82) is 0 Å². The number of carbonyl (C=O) groups excluding carboxylic acids is 1. The third kappa shape index (κ3) is 5.08. The Kier molecular flexibility index (Phi) is 7.02. The van der Waals surface area contributed by atoms with Gasteiger partial charge in [-0.05, 0) is 23.8 Å². The van der Waals surface area contributed by atoms with Crippen molar-refractivity contribution in [3.8, 4) is 0 Å². The van der Waals surface area contributed by atoms with E-state index in [1.54, 1.807) is 35.2 Å². The molecular weight excluding hydrogens is 468 g/mol. The minimum atomic E-state index is -0.675. The molecule has 32 heavy (non-hydrogen) atoms. The van der Waals surface area contributed by atoms with Crippen LogP contribution in [0.25, 0.3) is 10.2 Å². The van der Waals surface area contributed by atoms with Crippen LogP contribution < -0.4 is 16.1 Å². The molecule has 1 atom stereocenters. The summed E-state index contributed by atoms with van der Waals surface area (Å²) in [5.41, 5.74) is 0.701. The average molecular weight is 489 g/mol. The normalized spacial score (nSPS) is 12.2. The molecule has 0 aliphatic rings. The number of pyridine rings is 1. The summed E-state index contributed by atoms with van der Waals surface area (Å²) < 4.78 is 1.80. The number of aliphatic hydroxyl groups excluding tert-OH is 1. The lowest BCUT2D eigenvalue weighted by atomic mass is 10.2. The monoisotopic (exact) mass is 488 g/mol. The van der Waals surface area contributed by atoms with E-state index in [1.807, 2.05) is 24.6 Å². The van der Waals surface area contributed by atoms with Crippen LogP contribution in [-0.4, -0.2) is 27.1 Å². The molecule has 0 aliphatic carbocycles. The van der Waals surface area contributed by atoms with Gasteiger partial charge in [0.25, 0.3) is 5.91 Å². The van der Waals surface area contributed by atoms with Gasteiger partial charge in [0.05, 0.1) is 5.39 Å². The Bertz CT molecular complexity index is 1280. The second-order valence-electron chi connectivity index (χ2n) is 7.24. The number of nitrogens with one attached hydrogen (secondary N) is 2. The van der Waals surface area contributed by atoms with Gasteiger partial charge in [0, 0.05) is 54.4 Å². The lowest BCUT2D eigenvalue weighted by molar-refractivity contribution is 0.0949. The Balaban J connectivity index is 1.45. The van der Waals surface area contributed by atoms with E-state index < -0.39 is 12.0 Å². The molecule has 1 amide bonds. The van der Waals surface area contributed by atoms with E-state index >= 15 is 0 Å². The second-order valence-corrected chi connectivity index (χ2v) is 9.72. The quantitative estimate of drug-likeness (QED) is 0.353. The number of amides is 1. The molecule has 0 aliphatic heterocycles. The number of aryl methyl sites for hydroxylation is 1. The van der Waals surface area contributed by atoms with Crippen molar-refractivity contribution in [1.82, 2.24) is 20.2 Å². The van der Waals surface area contributed by atoms with Crippen molar-refractivity contribution >= 4 is 50.4 Å². The third-order valence-corrected chi connectivity index (χ3v) is 7.23. The Hall–Kier alpha value is -2.56. The zero-order valence-corrected chi connectivity index (χ0v) is 19.6. The van der Waals surface area contributed by atoms with Gasteiger partial charge >= 0.3 is 0 Å². The van der Waals surface area contributed by atoms with Gasteiger partial charge in [0.2, 0.25) is 5.43 Å². The Morgan fingerprint density at radius 3 is 2.78 bits per heavy atom. The van der Waals surface area contributed by atoms with Crippen LogP contribution in [0.4, 0.5) is 0 Å². The number of aromatic nitrogens is 2. The summed E-state index contributed by atoms with van der Waals surface area (Å²) in [6, 6.07) is 8.97. The van der Waals surface area contributed by atoms with Crippen LogP contribution >= 0.6 is 34.3 Å². The zero-order valence-electron chi connectivity index (χ0n) is 17.2. The Morgan fingerprint density at radius 1 is 1.28 bits per heavy atom. The SMILES string of the molecule is Cn1cc(C(=O)NCc2ccc(Cl)cc2)c(=O)c2cc(CNCC(O)c3nccs3)sc21. The standard InChI is InChI=1S/C22H21ClN4O3S2/c1-27-12-17(20(30)26-9-13-2-4-14(23)5-3-13)19(29)16-8-15(32-22(16)27)10-24-11-18(28)21-25-6-7-31-21/h2-8,12,18,24,28H,9-11H2,1H3,(H,26,30). The first-order chi connectivity index (χ1) is 15.4. The first kappa shape index (κ1) is 22.6. The summed E-state index contributed by atoms with van der Waals surface area (Å²) in [4.78, 5) is 31.5. The van der Waals surface area contributed by atoms with Gasteiger partial charge in [-0.2, -0.15) is 0 Å². The molecule has 3 aromatic heterocycles. The first-order valence-electron chi connectivity index (χ1n) is 9.85. The van der Waals surface area contributed by atoms with E-state index in [9.17, 15) is 14.7 Å². The molecule has 0 bridgehead atoms. The number of benzene rings is 1. The fourth-order valence-electron chi connectivity index (χ4n) is 3.26. The predicted molar refractivity (Wildman–Crippen MR) is 128 cm³/mol. The molecule has 166 valence electrons. The van der Waals surface area contributed by atoms with E-state index in [-0.39, 0.29) is 11.0 Å². The maximum absolute atomic E-state index is 13.0. The number of rotatable bonds is 8. The van der Waals surface area contributed by atoms with E-state index in [1.165, 1.54) is 22.7 Å². The molecule has 7 nitrogen and oxygen atoms in total. The van der Waals surface area contributed by atoms with Crippen molar-refractivity contribution in [3.05, 3.63) is 84.4 Å². The highest BCUT2D eigenvalue weighted by Crippen LogP contribution is 2.24. The van der Waals surface area contributed by atoms with Crippen LogP contribution in [0.15, 0.2) is 52.9 Å². The molecule has 0 spiro atoms. The van der Waals surface area contributed by atoms with Crippen molar-refractivity contribution in [2.45, 2.75) is 19.2 Å². The lowest BCUT2D eigenvalue weighted by Crippen LogP contribution is -2.29. The van der Waals surface area contributed by atoms with Crippen molar-refractivity contribution < 1.29 is 9.90 Å². The minimum absolute atomic E-state index is 0.102. The number of hydrogen-bond acceptors (Lipinski definition) is 7. The second kappa shape index (κ2) is 9.93. The van der Waals surface area contributed by atoms with Crippen LogP contribution in [-0.2, 0) is 20.1 Å². The third-order valence-electron chi connectivity index (χ3n) is 4.88. The number of aliphatic hydroxyl groups is 1. The van der Waals surface area contributed by atoms with E-state index in [2.05, 4.69) is 15.6 Å². The molecule has 4 rings (SSSR count). The molecule has 0 radical (unpaired) electrons. The van der Waals surface area contributed by atoms with Gasteiger partial charge in [0.1, 0.15) is 21.5 Å². The number of thiazole rings is 1. The molecule has 0 fully saturated rings. The molecule has 10 heteroatoms. The maximum atomic E-state index is 13.0. The molecule has 1 aromatic carbocycles. The first-order valence-corrected chi connectivity index (χ1v) is 11.9. The zero-order chi connectivity index (χ0) is 22.7. The molecule has 1 unspecified atom stereocenters. The minimum Gasteiger partial charge on any atom is -0.385 e. The van der Waals surface area contributed by atoms with Crippen LogP contribution in [0.2, 0.25) is 5.02 Å². The van der Waals surface area contributed by atoms with Gasteiger partial charge in [-0.1, -0.05) is 23.7 Å². The number of hydrogen-bond donors (Lipinski definition) is 3. The van der Waals surface area contributed by atoms with Crippen molar-refractivity contribution in [2.24, 2.45) is 7.05 Å². The van der Waals surface area contributed by atoms with Gasteiger partial charge < -0.3 is 20.3 Å². The molecule has 0 saturated heterocycles. The highest BCUT2D eigenvalue weighted by molar-refractivity contribution is 7.18. The Labute approximate surface area is 197 Å².